The van der Waals surface area contributed by atoms with Gasteiger partial charge in [0.2, 0.25) is 0 Å². The number of amides is 3. The van der Waals surface area contributed by atoms with Crippen molar-refractivity contribution in [1.82, 2.24) is 10.2 Å². The number of ether oxygens (including phenoxy) is 1. The van der Waals surface area contributed by atoms with E-state index in [0.29, 0.717) is 5.76 Å². The van der Waals surface area contributed by atoms with Crippen molar-refractivity contribution in [2.75, 3.05) is 0 Å². The van der Waals surface area contributed by atoms with E-state index in [2.05, 4.69) is 5.32 Å². The molecule has 1 aliphatic heterocycles. The molecule has 0 spiro atoms. The summed E-state index contributed by atoms with van der Waals surface area (Å²) in [5, 5.41) is 2.60. The third-order valence-electron chi connectivity index (χ3n) is 4.66. The average Bonchev–Trinajstić information content (AvgIpc) is 3.29. The molecule has 1 aromatic heterocycles. The minimum Gasteiger partial charge on any atom is -0.467 e. The van der Waals surface area contributed by atoms with Gasteiger partial charge < -0.3 is 14.5 Å². The van der Waals surface area contributed by atoms with Crippen LogP contribution in [0, 0.1) is 5.92 Å². The smallest absolute Gasteiger partial charge is 0.330 e. The SMILES string of the molecule is CC(C)[C@@H](C(=O)O[C@H](C)C(=O)NCc1ccco1)N1C(=O)c2ccccc2C1=O. The van der Waals surface area contributed by atoms with Gasteiger partial charge in [-0.1, -0.05) is 26.0 Å². The zero-order valence-corrected chi connectivity index (χ0v) is 16.4. The fraction of sp³-hybridized carbons (Fsp3) is 0.333. The van der Waals surface area contributed by atoms with Crippen molar-refractivity contribution in [3.05, 3.63) is 59.5 Å². The van der Waals surface area contributed by atoms with Gasteiger partial charge in [0.25, 0.3) is 17.7 Å². The molecule has 1 aliphatic rings. The average molecular weight is 398 g/mol. The number of imide groups is 1. The molecule has 152 valence electrons. The highest BCUT2D eigenvalue weighted by Gasteiger charge is 2.45. The van der Waals surface area contributed by atoms with E-state index in [1.165, 1.54) is 13.2 Å². The summed E-state index contributed by atoms with van der Waals surface area (Å²) in [5.41, 5.74) is 0.500. The second-order valence-electron chi connectivity index (χ2n) is 7.09. The number of carbonyl (C=O) groups is 4. The molecule has 1 N–H and O–H groups in total. The van der Waals surface area contributed by atoms with E-state index in [1.807, 2.05) is 0 Å². The molecular formula is C21H22N2O6. The molecule has 0 saturated carbocycles. The van der Waals surface area contributed by atoms with Crippen molar-refractivity contribution in [3.8, 4) is 0 Å². The Labute approximate surface area is 167 Å². The van der Waals surface area contributed by atoms with Crippen LogP contribution in [0.1, 0.15) is 47.2 Å². The molecular weight excluding hydrogens is 376 g/mol. The number of hydrogen-bond acceptors (Lipinski definition) is 6. The fourth-order valence-electron chi connectivity index (χ4n) is 3.16. The van der Waals surface area contributed by atoms with Gasteiger partial charge in [-0.25, -0.2) is 4.79 Å². The number of fused-ring (bicyclic) bond motifs is 1. The van der Waals surface area contributed by atoms with Gasteiger partial charge in [-0.3, -0.25) is 19.3 Å². The van der Waals surface area contributed by atoms with E-state index in [4.69, 9.17) is 9.15 Å². The monoisotopic (exact) mass is 398 g/mol. The molecule has 8 heteroatoms. The number of rotatable bonds is 7. The van der Waals surface area contributed by atoms with E-state index in [-0.39, 0.29) is 17.7 Å². The van der Waals surface area contributed by atoms with Crippen LogP contribution in [0.15, 0.2) is 47.1 Å². The normalized spacial score (nSPS) is 15.2. The van der Waals surface area contributed by atoms with Crippen LogP contribution in [0.25, 0.3) is 0 Å². The van der Waals surface area contributed by atoms with Crippen LogP contribution in [0.4, 0.5) is 0 Å². The maximum atomic E-state index is 12.8. The molecule has 2 atom stereocenters. The summed E-state index contributed by atoms with van der Waals surface area (Å²) in [5.74, 6) is -2.26. The summed E-state index contributed by atoms with van der Waals surface area (Å²) in [6.45, 7) is 4.99. The Morgan fingerprint density at radius 1 is 1.03 bits per heavy atom. The van der Waals surface area contributed by atoms with E-state index < -0.39 is 41.8 Å². The van der Waals surface area contributed by atoms with Crippen LogP contribution in [0.3, 0.4) is 0 Å². The Morgan fingerprint density at radius 2 is 1.66 bits per heavy atom. The lowest BCUT2D eigenvalue weighted by molar-refractivity contribution is -0.159. The molecule has 0 aliphatic carbocycles. The van der Waals surface area contributed by atoms with Crippen LogP contribution in [0.5, 0.6) is 0 Å². The summed E-state index contributed by atoms with van der Waals surface area (Å²) < 4.78 is 10.4. The molecule has 0 unspecified atom stereocenters. The van der Waals surface area contributed by atoms with Gasteiger partial charge in [0.15, 0.2) is 6.10 Å². The maximum Gasteiger partial charge on any atom is 0.330 e. The second kappa shape index (κ2) is 8.30. The third-order valence-corrected chi connectivity index (χ3v) is 4.66. The van der Waals surface area contributed by atoms with Crippen molar-refractivity contribution in [2.45, 2.75) is 39.5 Å². The molecule has 1 aromatic carbocycles. The Kier molecular flexibility index (Phi) is 5.81. The van der Waals surface area contributed by atoms with Crippen LogP contribution < -0.4 is 5.32 Å². The first-order valence-corrected chi connectivity index (χ1v) is 9.28. The molecule has 2 heterocycles. The van der Waals surface area contributed by atoms with Crippen molar-refractivity contribution in [3.63, 3.8) is 0 Å². The van der Waals surface area contributed by atoms with Crippen molar-refractivity contribution in [2.24, 2.45) is 5.92 Å². The summed E-state index contributed by atoms with van der Waals surface area (Å²) in [4.78, 5) is 51.4. The highest BCUT2D eigenvalue weighted by molar-refractivity contribution is 6.22. The highest BCUT2D eigenvalue weighted by atomic mass is 16.5. The van der Waals surface area contributed by atoms with Crippen molar-refractivity contribution < 1.29 is 28.3 Å². The first-order valence-electron chi connectivity index (χ1n) is 9.28. The van der Waals surface area contributed by atoms with Gasteiger partial charge in [0.1, 0.15) is 11.8 Å². The van der Waals surface area contributed by atoms with Crippen molar-refractivity contribution in [1.29, 1.82) is 0 Å². The Hall–Kier alpha value is -3.42. The zero-order valence-electron chi connectivity index (χ0n) is 16.4. The number of carbonyl (C=O) groups excluding carboxylic acids is 4. The molecule has 0 bridgehead atoms. The number of benzene rings is 1. The van der Waals surface area contributed by atoms with Crippen LogP contribution in [-0.2, 0) is 20.9 Å². The van der Waals surface area contributed by atoms with E-state index >= 15 is 0 Å². The number of hydrogen-bond donors (Lipinski definition) is 1. The zero-order chi connectivity index (χ0) is 21.1. The third kappa shape index (κ3) is 4.06. The standard InChI is InChI=1S/C21H22N2O6/c1-12(2)17(23-19(25)15-8-4-5-9-16(15)20(23)26)21(27)29-13(3)18(24)22-11-14-7-6-10-28-14/h4-10,12-13,17H,11H2,1-3H3,(H,22,24)/t13-,17+/m1/s1. The molecule has 8 nitrogen and oxygen atoms in total. The molecule has 3 rings (SSSR count). The van der Waals surface area contributed by atoms with Gasteiger partial charge in [-0.2, -0.15) is 0 Å². The number of esters is 1. The largest absolute Gasteiger partial charge is 0.467 e. The summed E-state index contributed by atoms with van der Waals surface area (Å²) in [7, 11) is 0. The van der Waals surface area contributed by atoms with Gasteiger partial charge in [0.05, 0.1) is 23.9 Å². The first-order chi connectivity index (χ1) is 13.8. The highest BCUT2D eigenvalue weighted by Crippen LogP contribution is 2.27. The van der Waals surface area contributed by atoms with Crippen molar-refractivity contribution >= 4 is 23.7 Å². The summed E-state index contributed by atoms with van der Waals surface area (Å²) >= 11 is 0. The molecule has 0 fully saturated rings. The van der Waals surface area contributed by atoms with Crippen LogP contribution >= 0.6 is 0 Å². The van der Waals surface area contributed by atoms with Crippen LogP contribution in [0.2, 0.25) is 0 Å². The molecule has 29 heavy (non-hydrogen) atoms. The minimum atomic E-state index is -1.14. The quantitative estimate of drug-likeness (QED) is 0.566. The minimum absolute atomic E-state index is 0.153. The summed E-state index contributed by atoms with van der Waals surface area (Å²) in [6, 6.07) is 8.66. The van der Waals surface area contributed by atoms with E-state index in [1.54, 1.807) is 50.2 Å². The molecule has 3 amide bonds. The lowest BCUT2D eigenvalue weighted by atomic mass is 10.0. The number of nitrogens with one attached hydrogen (secondary N) is 1. The number of furan rings is 1. The first kappa shape index (κ1) is 20.3. The number of nitrogens with zero attached hydrogens (tertiary/aromatic N) is 1. The van der Waals surface area contributed by atoms with Gasteiger partial charge in [-0.05, 0) is 37.1 Å². The van der Waals surface area contributed by atoms with Crippen LogP contribution in [-0.4, -0.2) is 40.7 Å². The molecule has 2 aromatic rings. The topological polar surface area (TPSA) is 106 Å². The predicted molar refractivity (Wildman–Crippen MR) is 102 cm³/mol. The molecule has 0 saturated heterocycles. The lowest BCUT2D eigenvalue weighted by Gasteiger charge is -2.28. The predicted octanol–water partition coefficient (Wildman–Crippen LogP) is 2.15. The van der Waals surface area contributed by atoms with E-state index in [9.17, 15) is 19.2 Å². The van der Waals surface area contributed by atoms with Gasteiger partial charge in [-0.15, -0.1) is 0 Å². The second-order valence-corrected chi connectivity index (χ2v) is 7.09. The Balaban J connectivity index is 1.69. The fourth-order valence-corrected chi connectivity index (χ4v) is 3.16. The lowest BCUT2D eigenvalue weighted by Crippen LogP contribution is -2.50. The van der Waals surface area contributed by atoms with E-state index in [0.717, 1.165) is 4.90 Å². The molecule has 0 radical (unpaired) electrons. The van der Waals surface area contributed by atoms with Gasteiger partial charge >= 0.3 is 5.97 Å². The summed E-state index contributed by atoms with van der Waals surface area (Å²) in [6.07, 6.45) is 0.383. The Morgan fingerprint density at radius 3 is 2.17 bits per heavy atom. The maximum absolute atomic E-state index is 12.8. The van der Waals surface area contributed by atoms with Gasteiger partial charge in [0, 0.05) is 0 Å². The Bertz CT molecular complexity index is 899.